The number of aromatic nitrogens is 4. The number of halogens is 3. The maximum Gasteiger partial charge on any atom is 0.453 e. The first-order chi connectivity index (χ1) is 13.5. The quantitative estimate of drug-likeness (QED) is 0.648. The van der Waals surface area contributed by atoms with E-state index in [0.717, 1.165) is 10.1 Å². The molecule has 0 saturated carbocycles. The first-order valence-corrected chi connectivity index (χ1v) is 8.75. The molecular formula is C19H20F3N5O2. The summed E-state index contributed by atoms with van der Waals surface area (Å²) in [7, 11) is 1.29. The number of carbonyl (C=O) groups excluding carboxylic acids is 1. The Morgan fingerprint density at radius 1 is 1.17 bits per heavy atom. The van der Waals surface area contributed by atoms with Crippen molar-refractivity contribution in [3.63, 3.8) is 0 Å². The Hall–Kier alpha value is -3.17. The second-order valence-electron chi connectivity index (χ2n) is 7.13. The van der Waals surface area contributed by atoms with Gasteiger partial charge in [0.1, 0.15) is 5.82 Å². The molecule has 10 heteroatoms. The maximum absolute atomic E-state index is 13.1. The number of ether oxygens (including phenoxy) is 1. The minimum atomic E-state index is -4.71. The molecule has 0 spiro atoms. The lowest BCUT2D eigenvalue weighted by Crippen LogP contribution is -2.37. The van der Waals surface area contributed by atoms with E-state index in [-0.39, 0.29) is 11.6 Å². The average molecular weight is 407 g/mol. The van der Waals surface area contributed by atoms with Crippen molar-refractivity contribution in [3.05, 3.63) is 53.5 Å². The molecule has 154 valence electrons. The van der Waals surface area contributed by atoms with Crippen LogP contribution in [0, 0.1) is 12.3 Å². The molecule has 0 radical (unpaired) electrons. The van der Waals surface area contributed by atoms with Crippen LogP contribution in [0.1, 0.15) is 37.0 Å². The SMILES string of the molecule is COC(=O)C(C)(C)C(Nc1cc(C)nc2nc(C(F)(F)F)nn12)c1ccccc1. The number of aryl methyl sites for hydroxylation is 1. The molecule has 0 aliphatic carbocycles. The van der Waals surface area contributed by atoms with Gasteiger partial charge in [-0.3, -0.25) is 4.79 Å². The summed E-state index contributed by atoms with van der Waals surface area (Å²) in [6, 6.07) is 9.99. The van der Waals surface area contributed by atoms with Crippen molar-refractivity contribution < 1.29 is 22.7 Å². The van der Waals surface area contributed by atoms with Gasteiger partial charge in [-0.25, -0.2) is 4.98 Å². The van der Waals surface area contributed by atoms with Crippen LogP contribution >= 0.6 is 0 Å². The number of hydrogen-bond donors (Lipinski definition) is 1. The summed E-state index contributed by atoms with van der Waals surface area (Å²) in [4.78, 5) is 20.0. The van der Waals surface area contributed by atoms with Crippen LogP contribution in [0.3, 0.4) is 0 Å². The zero-order valence-electron chi connectivity index (χ0n) is 16.3. The standard InChI is InChI=1S/C19H20F3N5O2/c1-11-10-13(27-17(23-11)25-15(26-27)19(20,21)22)24-14(12-8-6-5-7-9-12)18(2,3)16(28)29-4/h5-10,14,24H,1-4H3. The summed E-state index contributed by atoms with van der Waals surface area (Å²) < 4.78 is 45.2. The highest BCUT2D eigenvalue weighted by Crippen LogP contribution is 2.37. The Morgan fingerprint density at radius 2 is 1.83 bits per heavy atom. The molecule has 1 N–H and O–H groups in total. The van der Waals surface area contributed by atoms with Gasteiger partial charge in [-0.1, -0.05) is 30.3 Å². The third-order valence-electron chi connectivity index (χ3n) is 4.55. The number of alkyl halides is 3. The number of esters is 1. The van der Waals surface area contributed by atoms with Crippen molar-refractivity contribution in [1.29, 1.82) is 0 Å². The van der Waals surface area contributed by atoms with Gasteiger partial charge in [-0.15, -0.1) is 5.10 Å². The Morgan fingerprint density at radius 3 is 2.41 bits per heavy atom. The number of anilines is 1. The molecule has 7 nitrogen and oxygen atoms in total. The fourth-order valence-corrected chi connectivity index (χ4v) is 3.06. The molecule has 0 saturated heterocycles. The molecule has 0 aliphatic heterocycles. The molecule has 1 atom stereocenters. The molecule has 3 rings (SSSR count). The number of methoxy groups -OCH3 is 1. The largest absolute Gasteiger partial charge is 0.469 e. The van der Waals surface area contributed by atoms with Crippen LogP contribution < -0.4 is 5.32 Å². The zero-order chi connectivity index (χ0) is 21.4. The summed E-state index contributed by atoms with van der Waals surface area (Å²) in [5.74, 6) is -1.73. The van der Waals surface area contributed by atoms with E-state index in [1.807, 2.05) is 30.3 Å². The number of rotatable bonds is 5. The Kier molecular flexibility index (Phi) is 5.20. The normalized spacial score (nSPS) is 13.3. The van der Waals surface area contributed by atoms with Crippen molar-refractivity contribution in [2.24, 2.45) is 5.41 Å². The fourth-order valence-electron chi connectivity index (χ4n) is 3.06. The van der Waals surface area contributed by atoms with E-state index in [4.69, 9.17) is 4.74 Å². The Bertz CT molecular complexity index is 1030. The second kappa shape index (κ2) is 7.34. The van der Waals surface area contributed by atoms with Crippen molar-refractivity contribution in [3.8, 4) is 0 Å². The van der Waals surface area contributed by atoms with Crippen molar-refractivity contribution in [2.45, 2.75) is 33.0 Å². The lowest BCUT2D eigenvalue weighted by atomic mass is 9.80. The number of fused-ring (bicyclic) bond motifs is 1. The van der Waals surface area contributed by atoms with E-state index < -0.39 is 29.4 Å². The van der Waals surface area contributed by atoms with Crippen LogP contribution in [0.5, 0.6) is 0 Å². The van der Waals surface area contributed by atoms with Gasteiger partial charge in [0.15, 0.2) is 0 Å². The van der Waals surface area contributed by atoms with Gasteiger partial charge in [0.25, 0.3) is 11.6 Å². The minimum Gasteiger partial charge on any atom is -0.469 e. The number of carbonyl (C=O) groups is 1. The van der Waals surface area contributed by atoms with E-state index >= 15 is 0 Å². The number of nitrogens with zero attached hydrogens (tertiary/aromatic N) is 4. The van der Waals surface area contributed by atoms with Gasteiger partial charge in [0.05, 0.1) is 18.6 Å². The third kappa shape index (κ3) is 4.01. The third-order valence-corrected chi connectivity index (χ3v) is 4.55. The zero-order valence-corrected chi connectivity index (χ0v) is 16.3. The summed E-state index contributed by atoms with van der Waals surface area (Å²) in [6.45, 7) is 5.02. The van der Waals surface area contributed by atoms with Gasteiger partial charge >= 0.3 is 12.1 Å². The first kappa shape index (κ1) is 20.6. The smallest absolute Gasteiger partial charge is 0.453 e. The van der Waals surface area contributed by atoms with Crippen LogP contribution in [-0.2, 0) is 15.7 Å². The fraction of sp³-hybridized carbons (Fsp3) is 0.368. The highest BCUT2D eigenvalue weighted by atomic mass is 19.4. The average Bonchev–Trinajstić information content (AvgIpc) is 3.10. The lowest BCUT2D eigenvalue weighted by Gasteiger charge is -2.33. The highest BCUT2D eigenvalue weighted by Gasteiger charge is 2.40. The van der Waals surface area contributed by atoms with Crippen LogP contribution in [0.25, 0.3) is 5.78 Å². The number of benzene rings is 1. The summed E-state index contributed by atoms with van der Waals surface area (Å²) >= 11 is 0. The summed E-state index contributed by atoms with van der Waals surface area (Å²) in [6.07, 6.45) is -4.71. The van der Waals surface area contributed by atoms with E-state index in [1.54, 1.807) is 26.8 Å². The van der Waals surface area contributed by atoms with Gasteiger partial charge in [-0.2, -0.15) is 22.7 Å². The molecule has 0 amide bonds. The predicted molar refractivity (Wildman–Crippen MR) is 99.1 cm³/mol. The van der Waals surface area contributed by atoms with E-state index in [0.29, 0.717) is 5.69 Å². The molecular weight excluding hydrogens is 387 g/mol. The van der Waals surface area contributed by atoms with Gasteiger partial charge in [0, 0.05) is 11.8 Å². The highest BCUT2D eigenvalue weighted by molar-refractivity contribution is 5.78. The van der Waals surface area contributed by atoms with Gasteiger partial charge < -0.3 is 10.1 Å². The lowest BCUT2D eigenvalue weighted by molar-refractivity contribution is -0.151. The molecule has 0 aliphatic rings. The molecule has 2 aromatic heterocycles. The molecule has 3 aromatic rings. The van der Waals surface area contributed by atoms with E-state index in [2.05, 4.69) is 20.4 Å². The van der Waals surface area contributed by atoms with Gasteiger partial charge in [0.2, 0.25) is 0 Å². The monoisotopic (exact) mass is 407 g/mol. The van der Waals surface area contributed by atoms with Crippen molar-refractivity contribution in [1.82, 2.24) is 19.6 Å². The first-order valence-electron chi connectivity index (χ1n) is 8.75. The van der Waals surface area contributed by atoms with Gasteiger partial charge in [-0.05, 0) is 26.3 Å². The van der Waals surface area contributed by atoms with Crippen LogP contribution in [0.15, 0.2) is 36.4 Å². The molecule has 1 aromatic carbocycles. The second-order valence-corrected chi connectivity index (χ2v) is 7.13. The molecule has 29 heavy (non-hydrogen) atoms. The predicted octanol–water partition coefficient (Wildman–Crippen LogP) is 3.80. The summed E-state index contributed by atoms with van der Waals surface area (Å²) in [5, 5.41) is 6.71. The molecule has 0 bridgehead atoms. The summed E-state index contributed by atoms with van der Waals surface area (Å²) in [5.41, 5.74) is 0.151. The molecule has 0 fully saturated rings. The van der Waals surface area contributed by atoms with Crippen molar-refractivity contribution >= 4 is 17.6 Å². The number of hydrogen-bond acceptors (Lipinski definition) is 6. The molecule has 2 heterocycles. The minimum absolute atomic E-state index is 0.192. The molecule has 1 unspecified atom stereocenters. The van der Waals surface area contributed by atoms with Crippen LogP contribution in [0.2, 0.25) is 0 Å². The van der Waals surface area contributed by atoms with Crippen LogP contribution in [-0.4, -0.2) is 32.7 Å². The Balaban J connectivity index is 2.14. The van der Waals surface area contributed by atoms with Crippen molar-refractivity contribution in [2.75, 3.05) is 12.4 Å². The maximum atomic E-state index is 13.1. The van der Waals surface area contributed by atoms with Crippen LogP contribution in [0.4, 0.5) is 19.0 Å². The van der Waals surface area contributed by atoms with E-state index in [9.17, 15) is 18.0 Å². The Labute approximate surface area is 164 Å². The number of nitrogens with one attached hydrogen (secondary N) is 1. The topological polar surface area (TPSA) is 81.4 Å². The van der Waals surface area contributed by atoms with E-state index in [1.165, 1.54) is 7.11 Å².